The highest BCUT2D eigenvalue weighted by Crippen LogP contribution is 2.09. The van der Waals surface area contributed by atoms with Gasteiger partial charge in [0, 0.05) is 19.0 Å². The second-order valence-corrected chi connectivity index (χ2v) is 7.59. The van der Waals surface area contributed by atoms with Crippen molar-refractivity contribution >= 4 is 5.84 Å². The van der Waals surface area contributed by atoms with Gasteiger partial charge in [-0.2, -0.15) is 0 Å². The minimum Gasteiger partial charge on any atom is -0.374 e. The standard InChI is InChI=1S/C22H46N2/c1-5-7-9-11-13-14-16-18-20-24-22(21(3)4)23-19-17-15-12-10-8-6-2/h21H,5-20H2,1-4H3,(H,23,24). The zero-order valence-corrected chi connectivity index (χ0v) is 17.3. The van der Waals surface area contributed by atoms with Gasteiger partial charge in [0.1, 0.15) is 0 Å². The average molecular weight is 339 g/mol. The number of hydrogen-bond donors (Lipinski definition) is 1. The molecule has 1 N–H and O–H groups in total. The number of hydrogen-bond acceptors (Lipinski definition) is 1. The third kappa shape index (κ3) is 16.3. The Morgan fingerprint density at radius 3 is 1.62 bits per heavy atom. The predicted molar refractivity (Wildman–Crippen MR) is 111 cm³/mol. The van der Waals surface area contributed by atoms with Crippen molar-refractivity contribution in [1.82, 2.24) is 5.32 Å². The van der Waals surface area contributed by atoms with E-state index in [4.69, 9.17) is 4.99 Å². The van der Waals surface area contributed by atoms with E-state index in [-0.39, 0.29) is 0 Å². The second kappa shape index (κ2) is 18.8. The lowest BCUT2D eigenvalue weighted by Gasteiger charge is -2.13. The van der Waals surface area contributed by atoms with Crippen molar-refractivity contribution in [1.29, 1.82) is 0 Å². The van der Waals surface area contributed by atoms with E-state index >= 15 is 0 Å². The molecule has 0 amide bonds. The fourth-order valence-electron chi connectivity index (χ4n) is 3.01. The van der Waals surface area contributed by atoms with E-state index < -0.39 is 0 Å². The van der Waals surface area contributed by atoms with Crippen LogP contribution in [0, 0.1) is 5.92 Å². The summed E-state index contributed by atoms with van der Waals surface area (Å²) in [5.41, 5.74) is 0. The maximum atomic E-state index is 4.82. The van der Waals surface area contributed by atoms with Gasteiger partial charge in [0.15, 0.2) is 0 Å². The first-order chi connectivity index (χ1) is 11.7. The van der Waals surface area contributed by atoms with Gasteiger partial charge in [-0.25, -0.2) is 0 Å². The van der Waals surface area contributed by atoms with Crippen LogP contribution in [0.15, 0.2) is 4.99 Å². The number of aliphatic imine (C=N–C) groups is 1. The summed E-state index contributed by atoms with van der Waals surface area (Å²) in [5.74, 6) is 1.76. The van der Waals surface area contributed by atoms with Crippen LogP contribution in [-0.4, -0.2) is 18.9 Å². The number of nitrogens with one attached hydrogen (secondary N) is 1. The Balaban J connectivity index is 3.61. The van der Waals surface area contributed by atoms with Crippen LogP contribution < -0.4 is 5.32 Å². The molecule has 0 saturated carbocycles. The highest BCUT2D eigenvalue weighted by atomic mass is 15.0. The minimum atomic E-state index is 0.527. The molecule has 0 aliphatic rings. The normalized spacial score (nSPS) is 12.1. The van der Waals surface area contributed by atoms with Gasteiger partial charge >= 0.3 is 0 Å². The Kier molecular flexibility index (Phi) is 18.4. The van der Waals surface area contributed by atoms with Crippen molar-refractivity contribution in [2.75, 3.05) is 13.1 Å². The van der Waals surface area contributed by atoms with E-state index in [1.165, 1.54) is 95.7 Å². The van der Waals surface area contributed by atoms with Gasteiger partial charge in [0.2, 0.25) is 0 Å². The lowest BCUT2D eigenvalue weighted by molar-refractivity contribution is 0.576. The first kappa shape index (κ1) is 23.5. The number of rotatable bonds is 17. The van der Waals surface area contributed by atoms with Crippen LogP contribution >= 0.6 is 0 Å². The first-order valence-corrected chi connectivity index (χ1v) is 11.0. The summed E-state index contributed by atoms with van der Waals surface area (Å²) in [5, 5.41) is 3.59. The van der Waals surface area contributed by atoms with Crippen molar-refractivity contribution in [3.63, 3.8) is 0 Å². The molecule has 0 aromatic heterocycles. The van der Waals surface area contributed by atoms with Gasteiger partial charge < -0.3 is 5.32 Å². The monoisotopic (exact) mass is 338 g/mol. The molecule has 0 saturated heterocycles. The summed E-state index contributed by atoms with van der Waals surface area (Å²) >= 11 is 0. The van der Waals surface area contributed by atoms with Gasteiger partial charge in [0.25, 0.3) is 0 Å². The summed E-state index contributed by atoms with van der Waals surface area (Å²) in [7, 11) is 0. The number of unbranched alkanes of at least 4 members (excludes halogenated alkanes) is 12. The van der Waals surface area contributed by atoms with Crippen LogP contribution in [0.3, 0.4) is 0 Å². The molecule has 144 valence electrons. The third-order valence-corrected chi connectivity index (χ3v) is 4.68. The lowest BCUT2D eigenvalue weighted by Crippen LogP contribution is -2.29. The van der Waals surface area contributed by atoms with E-state index in [1.54, 1.807) is 0 Å². The molecule has 0 aliphatic carbocycles. The molecule has 0 spiro atoms. The molecule has 24 heavy (non-hydrogen) atoms. The Morgan fingerprint density at radius 1 is 0.667 bits per heavy atom. The molecule has 0 bridgehead atoms. The van der Waals surface area contributed by atoms with E-state index in [1.807, 2.05) is 0 Å². The van der Waals surface area contributed by atoms with Crippen LogP contribution in [-0.2, 0) is 0 Å². The highest BCUT2D eigenvalue weighted by Gasteiger charge is 2.03. The van der Waals surface area contributed by atoms with E-state index in [0.29, 0.717) is 5.92 Å². The molecule has 0 aromatic carbocycles. The molecule has 0 aromatic rings. The van der Waals surface area contributed by atoms with Crippen LogP contribution in [0.25, 0.3) is 0 Å². The Morgan fingerprint density at radius 2 is 1.12 bits per heavy atom. The maximum Gasteiger partial charge on any atom is 0.0988 e. The molecule has 0 atom stereocenters. The van der Waals surface area contributed by atoms with Gasteiger partial charge in [-0.3, -0.25) is 4.99 Å². The van der Waals surface area contributed by atoms with E-state index in [2.05, 4.69) is 33.0 Å². The van der Waals surface area contributed by atoms with Crippen molar-refractivity contribution in [2.45, 2.75) is 118 Å². The van der Waals surface area contributed by atoms with Crippen LogP contribution in [0.5, 0.6) is 0 Å². The number of amidine groups is 1. The molecular weight excluding hydrogens is 292 g/mol. The predicted octanol–water partition coefficient (Wildman–Crippen LogP) is 7.13. The van der Waals surface area contributed by atoms with Crippen molar-refractivity contribution in [3.8, 4) is 0 Å². The van der Waals surface area contributed by atoms with Crippen molar-refractivity contribution < 1.29 is 0 Å². The largest absolute Gasteiger partial charge is 0.374 e. The Labute approximate surface area is 153 Å². The van der Waals surface area contributed by atoms with Crippen molar-refractivity contribution in [2.24, 2.45) is 10.9 Å². The quantitative estimate of drug-likeness (QED) is 0.170. The molecule has 0 unspecified atom stereocenters. The molecule has 2 heteroatoms. The minimum absolute atomic E-state index is 0.527. The van der Waals surface area contributed by atoms with Crippen molar-refractivity contribution in [3.05, 3.63) is 0 Å². The van der Waals surface area contributed by atoms with Gasteiger partial charge in [-0.05, 0) is 12.8 Å². The zero-order chi connectivity index (χ0) is 17.9. The molecule has 0 aliphatic heterocycles. The number of nitrogens with zero attached hydrogens (tertiary/aromatic N) is 1. The van der Waals surface area contributed by atoms with Gasteiger partial charge in [-0.15, -0.1) is 0 Å². The highest BCUT2D eigenvalue weighted by molar-refractivity contribution is 5.83. The average Bonchev–Trinajstić information content (AvgIpc) is 2.57. The zero-order valence-electron chi connectivity index (χ0n) is 17.3. The topological polar surface area (TPSA) is 24.4 Å². The molecule has 0 radical (unpaired) electrons. The van der Waals surface area contributed by atoms with Gasteiger partial charge in [-0.1, -0.05) is 105 Å². The Hall–Kier alpha value is -0.530. The van der Waals surface area contributed by atoms with E-state index in [9.17, 15) is 0 Å². The molecular formula is C22H46N2. The molecule has 0 rings (SSSR count). The lowest BCUT2D eigenvalue weighted by atomic mass is 10.1. The SMILES string of the molecule is CCCCCCCCCCN=C(NCCCCCCCC)C(C)C. The fraction of sp³-hybridized carbons (Fsp3) is 0.955. The summed E-state index contributed by atoms with van der Waals surface area (Å²) in [6.07, 6.45) is 19.2. The summed E-state index contributed by atoms with van der Waals surface area (Å²) in [6, 6.07) is 0. The third-order valence-electron chi connectivity index (χ3n) is 4.68. The fourth-order valence-corrected chi connectivity index (χ4v) is 3.01. The summed E-state index contributed by atoms with van der Waals surface area (Å²) in [4.78, 5) is 4.82. The Bertz CT molecular complexity index is 271. The molecule has 0 heterocycles. The second-order valence-electron chi connectivity index (χ2n) is 7.59. The summed E-state index contributed by atoms with van der Waals surface area (Å²) < 4.78 is 0. The van der Waals surface area contributed by atoms with Crippen LogP contribution in [0.4, 0.5) is 0 Å². The van der Waals surface area contributed by atoms with Gasteiger partial charge in [0.05, 0.1) is 5.84 Å². The first-order valence-electron chi connectivity index (χ1n) is 11.0. The smallest absolute Gasteiger partial charge is 0.0988 e. The summed E-state index contributed by atoms with van der Waals surface area (Å²) in [6.45, 7) is 11.2. The van der Waals surface area contributed by atoms with Crippen LogP contribution in [0.2, 0.25) is 0 Å². The van der Waals surface area contributed by atoms with Crippen LogP contribution in [0.1, 0.15) is 118 Å². The molecule has 0 fully saturated rings. The maximum absolute atomic E-state index is 4.82. The van der Waals surface area contributed by atoms with E-state index in [0.717, 1.165) is 13.1 Å². The molecule has 2 nitrogen and oxygen atoms in total.